The quantitative estimate of drug-likeness (QED) is 0.409. The van der Waals surface area contributed by atoms with E-state index in [1.165, 1.54) is 0 Å². The van der Waals surface area contributed by atoms with Crippen LogP contribution in [0.1, 0.15) is 19.8 Å². The van der Waals surface area contributed by atoms with Crippen molar-refractivity contribution in [1.29, 1.82) is 0 Å². The van der Waals surface area contributed by atoms with Crippen molar-refractivity contribution in [1.82, 2.24) is 4.90 Å². The normalized spacial score (nSPS) is 18.3. The second-order valence-corrected chi connectivity index (χ2v) is 2.67. The van der Waals surface area contributed by atoms with Crippen molar-refractivity contribution >= 4 is 11.6 Å². The molecule has 62 valence electrons. The Bertz CT molecular complexity index is 179. The molecule has 4 heteroatoms. The molecule has 0 aromatic heterocycles. The lowest BCUT2D eigenvalue weighted by Crippen LogP contribution is -2.37. The van der Waals surface area contributed by atoms with Crippen molar-refractivity contribution in [2.24, 2.45) is 5.16 Å². The van der Waals surface area contributed by atoms with E-state index in [2.05, 4.69) is 5.16 Å². The van der Waals surface area contributed by atoms with E-state index in [4.69, 9.17) is 5.21 Å². The third kappa shape index (κ3) is 1.93. The second kappa shape index (κ2) is 3.37. The molecule has 1 aliphatic heterocycles. The largest absolute Gasteiger partial charge is 0.411 e. The molecule has 0 atom stereocenters. The van der Waals surface area contributed by atoms with Crippen molar-refractivity contribution in [3.8, 4) is 0 Å². The van der Waals surface area contributed by atoms with Crippen LogP contribution in [0.25, 0.3) is 0 Å². The first kappa shape index (κ1) is 8.04. The highest BCUT2D eigenvalue weighted by molar-refractivity contribution is 5.86. The highest BCUT2D eigenvalue weighted by Crippen LogP contribution is 2.06. The number of amides is 1. The number of oxime groups is 1. The Morgan fingerprint density at radius 1 is 1.55 bits per heavy atom. The lowest BCUT2D eigenvalue weighted by atomic mass is 10.1. The first-order valence-corrected chi connectivity index (χ1v) is 3.69. The maximum Gasteiger partial charge on any atom is 0.219 e. The number of nitrogens with zero attached hydrogens (tertiary/aromatic N) is 2. The van der Waals surface area contributed by atoms with Crippen molar-refractivity contribution in [3.63, 3.8) is 0 Å². The molecule has 0 radical (unpaired) electrons. The Labute approximate surface area is 65.5 Å². The maximum absolute atomic E-state index is 10.8. The van der Waals surface area contributed by atoms with Crippen LogP contribution in [0.4, 0.5) is 0 Å². The summed E-state index contributed by atoms with van der Waals surface area (Å²) in [5.41, 5.74) is 0.794. The zero-order valence-electron chi connectivity index (χ0n) is 6.58. The topological polar surface area (TPSA) is 52.9 Å². The molecule has 4 nitrogen and oxygen atoms in total. The summed E-state index contributed by atoms with van der Waals surface area (Å²) in [7, 11) is 0. The SMILES string of the molecule is CC(=O)N1CCC(=NO)CC1. The third-order valence-corrected chi connectivity index (χ3v) is 1.93. The van der Waals surface area contributed by atoms with E-state index in [1.807, 2.05) is 0 Å². The molecule has 1 N–H and O–H groups in total. The van der Waals surface area contributed by atoms with Crippen LogP contribution in [0.15, 0.2) is 5.16 Å². The molecule has 1 aliphatic rings. The summed E-state index contributed by atoms with van der Waals surface area (Å²) in [5, 5.41) is 11.5. The monoisotopic (exact) mass is 156 g/mol. The first-order valence-electron chi connectivity index (χ1n) is 3.69. The fraction of sp³-hybridized carbons (Fsp3) is 0.714. The van der Waals surface area contributed by atoms with Crippen LogP contribution >= 0.6 is 0 Å². The van der Waals surface area contributed by atoms with Gasteiger partial charge in [-0.1, -0.05) is 5.16 Å². The van der Waals surface area contributed by atoms with Gasteiger partial charge in [0.15, 0.2) is 0 Å². The number of piperidine rings is 1. The number of hydrogen-bond donors (Lipinski definition) is 1. The van der Waals surface area contributed by atoms with Gasteiger partial charge in [0.1, 0.15) is 0 Å². The molecule has 0 unspecified atom stereocenters. The van der Waals surface area contributed by atoms with Gasteiger partial charge in [0.05, 0.1) is 5.71 Å². The number of carbonyl (C=O) groups excluding carboxylic acids is 1. The minimum atomic E-state index is 0.0991. The second-order valence-electron chi connectivity index (χ2n) is 2.67. The minimum absolute atomic E-state index is 0.0991. The zero-order chi connectivity index (χ0) is 8.27. The summed E-state index contributed by atoms with van der Waals surface area (Å²) >= 11 is 0. The minimum Gasteiger partial charge on any atom is -0.411 e. The van der Waals surface area contributed by atoms with Crippen LogP contribution in [0.3, 0.4) is 0 Å². The summed E-state index contributed by atoms with van der Waals surface area (Å²) in [6.07, 6.45) is 1.41. The van der Waals surface area contributed by atoms with Gasteiger partial charge in [-0.2, -0.15) is 0 Å². The molecule has 0 aromatic carbocycles. The Hall–Kier alpha value is -1.06. The van der Waals surface area contributed by atoms with Crippen LogP contribution in [0, 0.1) is 0 Å². The van der Waals surface area contributed by atoms with Gasteiger partial charge < -0.3 is 10.1 Å². The molecular formula is C7H12N2O2. The van der Waals surface area contributed by atoms with Crippen molar-refractivity contribution in [3.05, 3.63) is 0 Å². The molecule has 1 amide bonds. The van der Waals surface area contributed by atoms with Gasteiger partial charge in [0.2, 0.25) is 5.91 Å². The van der Waals surface area contributed by atoms with Crippen molar-refractivity contribution < 1.29 is 10.0 Å². The standard InChI is InChI=1S/C7H12N2O2/c1-6(10)9-4-2-7(8-11)3-5-9/h11H,2-5H2,1H3. The Balaban J connectivity index is 2.42. The molecule has 0 aromatic rings. The molecule has 11 heavy (non-hydrogen) atoms. The number of rotatable bonds is 0. The third-order valence-electron chi connectivity index (χ3n) is 1.93. The maximum atomic E-state index is 10.8. The van der Waals surface area contributed by atoms with E-state index in [-0.39, 0.29) is 5.91 Å². The highest BCUT2D eigenvalue weighted by atomic mass is 16.4. The van der Waals surface area contributed by atoms with E-state index in [1.54, 1.807) is 11.8 Å². The Morgan fingerprint density at radius 2 is 2.09 bits per heavy atom. The van der Waals surface area contributed by atoms with Crippen LogP contribution in [-0.4, -0.2) is 34.8 Å². The van der Waals surface area contributed by atoms with Crippen LogP contribution in [0.2, 0.25) is 0 Å². The van der Waals surface area contributed by atoms with Gasteiger partial charge >= 0.3 is 0 Å². The summed E-state index contributed by atoms with van der Waals surface area (Å²) in [6, 6.07) is 0. The van der Waals surface area contributed by atoms with E-state index < -0.39 is 0 Å². The lowest BCUT2D eigenvalue weighted by molar-refractivity contribution is -0.128. The van der Waals surface area contributed by atoms with Gasteiger partial charge in [-0.05, 0) is 0 Å². The van der Waals surface area contributed by atoms with Gasteiger partial charge in [-0.25, -0.2) is 0 Å². The molecule has 0 bridgehead atoms. The summed E-state index contributed by atoms with van der Waals surface area (Å²) in [6.45, 7) is 2.94. The molecule has 1 saturated heterocycles. The lowest BCUT2D eigenvalue weighted by Gasteiger charge is -2.25. The van der Waals surface area contributed by atoms with Crippen LogP contribution in [-0.2, 0) is 4.79 Å². The van der Waals surface area contributed by atoms with E-state index in [9.17, 15) is 4.79 Å². The van der Waals surface area contributed by atoms with E-state index in [0.29, 0.717) is 25.9 Å². The van der Waals surface area contributed by atoms with Crippen LogP contribution < -0.4 is 0 Å². The van der Waals surface area contributed by atoms with Crippen molar-refractivity contribution in [2.75, 3.05) is 13.1 Å². The van der Waals surface area contributed by atoms with Gasteiger partial charge in [0, 0.05) is 32.9 Å². The average molecular weight is 156 g/mol. The number of likely N-dealkylation sites (tertiary alicyclic amines) is 1. The highest BCUT2D eigenvalue weighted by Gasteiger charge is 2.16. The Morgan fingerprint density at radius 3 is 2.45 bits per heavy atom. The fourth-order valence-corrected chi connectivity index (χ4v) is 1.18. The van der Waals surface area contributed by atoms with Crippen LogP contribution in [0.5, 0.6) is 0 Å². The average Bonchev–Trinajstić information content (AvgIpc) is 2.05. The molecule has 1 heterocycles. The fourth-order valence-electron chi connectivity index (χ4n) is 1.18. The first-order chi connectivity index (χ1) is 5.24. The molecule has 1 rings (SSSR count). The van der Waals surface area contributed by atoms with E-state index >= 15 is 0 Å². The molecule has 0 aliphatic carbocycles. The molecular weight excluding hydrogens is 144 g/mol. The summed E-state index contributed by atoms with van der Waals surface area (Å²) < 4.78 is 0. The predicted octanol–water partition coefficient (Wildman–Crippen LogP) is 0.459. The molecule has 1 fully saturated rings. The summed E-state index contributed by atoms with van der Waals surface area (Å²) in [4.78, 5) is 12.6. The number of carbonyl (C=O) groups is 1. The van der Waals surface area contributed by atoms with Gasteiger partial charge in [-0.3, -0.25) is 4.79 Å². The smallest absolute Gasteiger partial charge is 0.219 e. The zero-order valence-corrected chi connectivity index (χ0v) is 6.58. The Kier molecular flexibility index (Phi) is 2.46. The number of hydrogen-bond acceptors (Lipinski definition) is 3. The molecule has 0 spiro atoms. The van der Waals surface area contributed by atoms with E-state index in [0.717, 1.165) is 5.71 Å². The van der Waals surface area contributed by atoms with Gasteiger partial charge in [0.25, 0.3) is 0 Å². The van der Waals surface area contributed by atoms with Crippen molar-refractivity contribution in [2.45, 2.75) is 19.8 Å². The predicted molar refractivity (Wildman–Crippen MR) is 40.7 cm³/mol. The van der Waals surface area contributed by atoms with Gasteiger partial charge in [-0.15, -0.1) is 0 Å². The summed E-state index contributed by atoms with van der Waals surface area (Å²) in [5.74, 6) is 0.0991. The molecule has 0 saturated carbocycles.